The first-order chi connectivity index (χ1) is 16.4. The molecule has 0 spiro atoms. The molecule has 0 bridgehead atoms. The molecular weight excluding hydrogens is 493 g/mol. The second-order valence-corrected chi connectivity index (χ2v) is 11.0. The lowest BCUT2D eigenvalue weighted by Gasteiger charge is -2.28. The van der Waals surface area contributed by atoms with Gasteiger partial charge >= 0.3 is 0 Å². The Labute approximate surface area is 208 Å². The number of aliphatic imine (C=N–C) groups is 1. The summed E-state index contributed by atoms with van der Waals surface area (Å²) >= 11 is 12.3. The molecule has 0 N–H and O–H groups in total. The van der Waals surface area contributed by atoms with Gasteiger partial charge in [0.2, 0.25) is 0 Å². The Morgan fingerprint density at radius 2 is 1.56 bits per heavy atom. The Morgan fingerprint density at radius 1 is 0.912 bits per heavy atom. The third kappa shape index (κ3) is 4.56. The Kier molecular flexibility index (Phi) is 6.34. The molecule has 2 atom stereocenters. The van der Waals surface area contributed by atoms with Crippen molar-refractivity contribution in [3.8, 4) is 0 Å². The number of para-hydroxylation sites is 1. The third-order valence-electron chi connectivity index (χ3n) is 5.77. The summed E-state index contributed by atoms with van der Waals surface area (Å²) < 4.78 is 33.3. The maximum absolute atomic E-state index is 13.9. The van der Waals surface area contributed by atoms with E-state index in [4.69, 9.17) is 33.0 Å². The molecule has 0 fully saturated rings. The zero-order valence-electron chi connectivity index (χ0n) is 18.0. The van der Waals surface area contributed by atoms with Gasteiger partial charge in [-0.15, -0.1) is 0 Å². The number of halogens is 2. The Morgan fingerprint density at radius 3 is 2.18 bits per heavy atom. The molecule has 0 amide bonds. The summed E-state index contributed by atoms with van der Waals surface area (Å²) in [4.78, 5) is 4.22. The van der Waals surface area contributed by atoms with E-state index in [0.29, 0.717) is 34.5 Å². The van der Waals surface area contributed by atoms with Crippen LogP contribution in [-0.4, -0.2) is 44.2 Å². The van der Waals surface area contributed by atoms with Gasteiger partial charge in [0, 0.05) is 10.0 Å². The fourth-order valence-corrected chi connectivity index (χ4v) is 6.36. The number of hydrogen-bond acceptors (Lipinski definition) is 6. The standard InChI is InChI=1S/C25H21Cl2N3O3S/c26-19-10-6-17(7-11-19)23-25(34(31,32)16-22-28-14-15-33-22)24(18-8-12-20(27)13-9-18)30(29-23)21-4-2-1-3-5-21/h1-13,24-25H,14-16H2. The second kappa shape index (κ2) is 9.41. The predicted octanol–water partition coefficient (Wildman–Crippen LogP) is 5.17. The SMILES string of the molecule is O=S(=O)(CC1=NCCO1)C1C(c2ccc(Cl)cc2)=NN(c2ccccc2)C1c1ccc(Cl)cc1. The van der Waals surface area contributed by atoms with Crippen LogP contribution in [0.15, 0.2) is 89.0 Å². The van der Waals surface area contributed by atoms with Crippen LogP contribution in [0.3, 0.4) is 0 Å². The van der Waals surface area contributed by atoms with Crippen molar-refractivity contribution in [2.45, 2.75) is 11.3 Å². The van der Waals surface area contributed by atoms with Gasteiger partial charge in [0.15, 0.2) is 15.7 Å². The molecule has 2 aliphatic rings. The van der Waals surface area contributed by atoms with E-state index in [9.17, 15) is 8.42 Å². The highest BCUT2D eigenvalue weighted by Gasteiger charge is 2.48. The van der Waals surface area contributed by atoms with E-state index in [1.54, 1.807) is 41.4 Å². The second-order valence-electron chi connectivity index (χ2n) is 8.02. The summed E-state index contributed by atoms with van der Waals surface area (Å²) in [6.07, 6.45) is 0. The molecule has 0 aromatic heterocycles. The number of ether oxygens (including phenoxy) is 1. The number of sulfone groups is 1. The van der Waals surface area contributed by atoms with Crippen molar-refractivity contribution in [1.82, 2.24) is 0 Å². The molecule has 3 aromatic rings. The topological polar surface area (TPSA) is 71.3 Å². The molecule has 2 aliphatic heterocycles. The minimum Gasteiger partial charge on any atom is -0.478 e. The Balaban J connectivity index is 1.68. The van der Waals surface area contributed by atoms with Crippen LogP contribution in [-0.2, 0) is 14.6 Å². The van der Waals surface area contributed by atoms with E-state index < -0.39 is 21.1 Å². The molecular formula is C25H21Cl2N3O3S. The lowest BCUT2D eigenvalue weighted by atomic mass is 9.97. The van der Waals surface area contributed by atoms with Crippen LogP contribution >= 0.6 is 23.2 Å². The summed E-state index contributed by atoms with van der Waals surface area (Å²) in [5.74, 6) is -0.0553. The molecule has 0 saturated heterocycles. The largest absolute Gasteiger partial charge is 0.478 e. The van der Waals surface area contributed by atoms with Gasteiger partial charge in [0.1, 0.15) is 23.7 Å². The zero-order valence-corrected chi connectivity index (χ0v) is 20.3. The minimum absolute atomic E-state index is 0.239. The fraction of sp³-hybridized carbons (Fsp3) is 0.200. The first-order valence-electron chi connectivity index (χ1n) is 10.7. The Hall–Kier alpha value is -2.87. The molecule has 34 heavy (non-hydrogen) atoms. The quantitative estimate of drug-likeness (QED) is 0.455. The van der Waals surface area contributed by atoms with Crippen LogP contribution in [0.25, 0.3) is 0 Å². The lowest BCUT2D eigenvalue weighted by molar-refractivity contribution is 0.345. The van der Waals surface area contributed by atoms with Gasteiger partial charge in [-0.25, -0.2) is 8.42 Å². The Bertz CT molecular complexity index is 1340. The minimum atomic E-state index is -3.79. The van der Waals surface area contributed by atoms with Gasteiger partial charge in [-0.3, -0.25) is 10.0 Å². The van der Waals surface area contributed by atoms with Crippen molar-refractivity contribution in [3.63, 3.8) is 0 Å². The van der Waals surface area contributed by atoms with Crippen molar-refractivity contribution in [3.05, 3.63) is 100 Å². The molecule has 3 aromatic carbocycles. The van der Waals surface area contributed by atoms with E-state index in [-0.39, 0.29) is 11.7 Å². The van der Waals surface area contributed by atoms with E-state index >= 15 is 0 Å². The number of rotatable bonds is 6. The van der Waals surface area contributed by atoms with Crippen molar-refractivity contribution in [2.75, 3.05) is 23.9 Å². The first-order valence-corrected chi connectivity index (χ1v) is 13.2. The summed E-state index contributed by atoms with van der Waals surface area (Å²) in [6, 6.07) is 23.2. The van der Waals surface area contributed by atoms with Gasteiger partial charge in [-0.1, -0.05) is 65.7 Å². The highest BCUT2D eigenvalue weighted by Crippen LogP contribution is 2.41. The molecule has 0 aliphatic carbocycles. The van der Waals surface area contributed by atoms with Crippen molar-refractivity contribution in [2.24, 2.45) is 10.1 Å². The molecule has 2 unspecified atom stereocenters. The van der Waals surface area contributed by atoms with Gasteiger partial charge in [0.05, 0.1) is 17.9 Å². The predicted molar refractivity (Wildman–Crippen MR) is 137 cm³/mol. The molecule has 9 heteroatoms. The number of hydrazone groups is 1. The highest BCUT2D eigenvalue weighted by atomic mass is 35.5. The highest BCUT2D eigenvalue weighted by molar-refractivity contribution is 7.93. The number of hydrogen-bond donors (Lipinski definition) is 0. The van der Waals surface area contributed by atoms with Gasteiger partial charge in [-0.2, -0.15) is 5.10 Å². The summed E-state index contributed by atoms with van der Waals surface area (Å²) in [6.45, 7) is 0.856. The number of benzene rings is 3. The average molecular weight is 514 g/mol. The van der Waals surface area contributed by atoms with E-state index in [1.807, 2.05) is 42.5 Å². The summed E-state index contributed by atoms with van der Waals surface area (Å²) in [5.41, 5.74) is 2.69. The van der Waals surface area contributed by atoms with Crippen molar-refractivity contribution < 1.29 is 13.2 Å². The van der Waals surface area contributed by atoms with E-state index in [0.717, 1.165) is 11.3 Å². The third-order valence-corrected chi connectivity index (χ3v) is 8.18. The first kappa shape index (κ1) is 22.9. The average Bonchev–Trinajstić information content (AvgIpc) is 3.49. The van der Waals surface area contributed by atoms with Crippen LogP contribution in [0, 0.1) is 0 Å². The van der Waals surface area contributed by atoms with Crippen LogP contribution < -0.4 is 5.01 Å². The molecule has 0 radical (unpaired) electrons. The van der Waals surface area contributed by atoms with Crippen molar-refractivity contribution in [1.29, 1.82) is 0 Å². The number of anilines is 1. The molecule has 6 nitrogen and oxygen atoms in total. The number of nitrogens with zero attached hydrogens (tertiary/aromatic N) is 3. The molecule has 174 valence electrons. The van der Waals surface area contributed by atoms with E-state index in [1.165, 1.54) is 0 Å². The molecule has 5 rings (SSSR count). The molecule has 0 saturated carbocycles. The lowest BCUT2D eigenvalue weighted by Crippen LogP contribution is -2.39. The van der Waals surface area contributed by atoms with Gasteiger partial charge < -0.3 is 4.74 Å². The smallest absolute Gasteiger partial charge is 0.198 e. The van der Waals surface area contributed by atoms with E-state index in [2.05, 4.69) is 4.99 Å². The van der Waals surface area contributed by atoms with Crippen LogP contribution in [0.2, 0.25) is 10.0 Å². The molecule has 2 heterocycles. The monoisotopic (exact) mass is 513 g/mol. The maximum atomic E-state index is 13.9. The van der Waals surface area contributed by atoms with Crippen LogP contribution in [0.5, 0.6) is 0 Å². The zero-order chi connectivity index (χ0) is 23.7. The summed E-state index contributed by atoms with van der Waals surface area (Å²) in [7, 11) is -3.79. The summed E-state index contributed by atoms with van der Waals surface area (Å²) in [5, 5.41) is 6.80. The maximum Gasteiger partial charge on any atom is 0.198 e. The fourth-order valence-electron chi connectivity index (χ4n) is 4.23. The van der Waals surface area contributed by atoms with Crippen LogP contribution in [0.1, 0.15) is 17.2 Å². The van der Waals surface area contributed by atoms with Crippen molar-refractivity contribution >= 4 is 50.3 Å². The van der Waals surface area contributed by atoms with Gasteiger partial charge in [0.25, 0.3) is 0 Å². The van der Waals surface area contributed by atoms with Crippen LogP contribution in [0.4, 0.5) is 5.69 Å². The normalized spacial score (nSPS) is 20.1. The van der Waals surface area contributed by atoms with Gasteiger partial charge in [-0.05, 0) is 47.5 Å².